The Balaban J connectivity index is 4.96. The minimum Gasteiger partial charge on any atom is -0.481 e. The van der Waals surface area contributed by atoms with Crippen LogP contribution in [0.3, 0.4) is 0 Å². The molecule has 0 atom stereocenters. The summed E-state index contributed by atoms with van der Waals surface area (Å²) < 4.78 is 4.57. The van der Waals surface area contributed by atoms with E-state index in [2.05, 4.69) is 4.74 Å². The van der Waals surface area contributed by atoms with Crippen LogP contribution < -0.4 is 0 Å². The number of carbonyl (C=O) groups is 3. The maximum absolute atomic E-state index is 12.4. The van der Waals surface area contributed by atoms with Gasteiger partial charge in [0.05, 0.1) is 13.5 Å². The van der Waals surface area contributed by atoms with Gasteiger partial charge in [0.25, 0.3) is 0 Å². The maximum Gasteiger partial charge on any atom is 0.325 e. The fourth-order valence-electron chi connectivity index (χ4n) is 1.63. The van der Waals surface area contributed by atoms with Crippen LogP contribution in [0.2, 0.25) is 0 Å². The highest BCUT2D eigenvalue weighted by molar-refractivity contribution is 5.81. The Bertz CT molecular complexity index is 355. The summed E-state index contributed by atoms with van der Waals surface area (Å²) in [6.45, 7) is 7.14. The summed E-state index contributed by atoms with van der Waals surface area (Å²) in [5.41, 5.74) is 0. The van der Waals surface area contributed by atoms with Gasteiger partial charge >= 0.3 is 18.0 Å². The van der Waals surface area contributed by atoms with Crippen molar-refractivity contribution in [1.82, 2.24) is 9.80 Å². The summed E-state index contributed by atoms with van der Waals surface area (Å²) >= 11 is 0. The summed E-state index contributed by atoms with van der Waals surface area (Å²) in [7, 11) is 1.26. The standard InChI is InChI=1S/C13H24N2O5/c1-9(2)14(7-6-11(16)17)13(19)15(10(3)4)8-12(18)20-5/h9-10H,6-8H2,1-5H3,(H,16,17). The summed E-state index contributed by atoms with van der Waals surface area (Å²) in [5.74, 6) is -1.47. The zero-order valence-corrected chi connectivity index (χ0v) is 12.8. The van der Waals surface area contributed by atoms with Crippen LogP contribution in [0.1, 0.15) is 34.1 Å². The van der Waals surface area contributed by atoms with E-state index >= 15 is 0 Å². The number of carboxylic acids is 1. The second-order valence-corrected chi connectivity index (χ2v) is 5.01. The van der Waals surface area contributed by atoms with Gasteiger partial charge in [-0.05, 0) is 27.7 Å². The largest absolute Gasteiger partial charge is 0.481 e. The van der Waals surface area contributed by atoms with Gasteiger partial charge in [-0.1, -0.05) is 0 Å². The first-order valence-electron chi connectivity index (χ1n) is 6.56. The van der Waals surface area contributed by atoms with E-state index in [1.165, 1.54) is 16.9 Å². The molecule has 0 unspecified atom stereocenters. The van der Waals surface area contributed by atoms with Crippen molar-refractivity contribution in [3.05, 3.63) is 0 Å². The molecule has 0 fully saturated rings. The number of urea groups is 1. The van der Waals surface area contributed by atoms with Crippen LogP contribution in [0.15, 0.2) is 0 Å². The molecule has 0 saturated carbocycles. The summed E-state index contributed by atoms with van der Waals surface area (Å²) in [6, 6.07) is -0.699. The van der Waals surface area contributed by atoms with Crippen molar-refractivity contribution in [1.29, 1.82) is 0 Å². The summed E-state index contributed by atoms with van der Waals surface area (Å²) in [4.78, 5) is 37.3. The fraction of sp³-hybridized carbons (Fsp3) is 0.769. The Labute approximate surface area is 119 Å². The smallest absolute Gasteiger partial charge is 0.325 e. The van der Waals surface area contributed by atoms with E-state index in [-0.39, 0.29) is 37.6 Å². The topological polar surface area (TPSA) is 87.2 Å². The number of hydrogen-bond acceptors (Lipinski definition) is 4. The lowest BCUT2D eigenvalue weighted by Gasteiger charge is -2.34. The number of amides is 2. The molecule has 0 aliphatic heterocycles. The zero-order valence-electron chi connectivity index (χ0n) is 12.8. The molecule has 0 aliphatic rings. The summed E-state index contributed by atoms with van der Waals surface area (Å²) in [6.07, 6.45) is -0.131. The van der Waals surface area contributed by atoms with Gasteiger partial charge in [0.1, 0.15) is 6.54 Å². The van der Waals surface area contributed by atoms with Crippen LogP contribution in [-0.4, -0.2) is 65.2 Å². The number of aliphatic carboxylic acids is 1. The number of hydrogen-bond donors (Lipinski definition) is 1. The van der Waals surface area contributed by atoms with Crippen LogP contribution in [-0.2, 0) is 14.3 Å². The highest BCUT2D eigenvalue weighted by Crippen LogP contribution is 2.09. The first-order chi connectivity index (χ1) is 9.20. The number of methoxy groups -OCH3 is 1. The molecule has 0 spiro atoms. The van der Waals surface area contributed by atoms with E-state index in [9.17, 15) is 14.4 Å². The predicted molar refractivity (Wildman–Crippen MR) is 73.3 cm³/mol. The zero-order chi connectivity index (χ0) is 15.9. The van der Waals surface area contributed by atoms with Crippen molar-refractivity contribution in [3.63, 3.8) is 0 Å². The quantitative estimate of drug-likeness (QED) is 0.711. The van der Waals surface area contributed by atoms with Crippen molar-refractivity contribution < 1.29 is 24.2 Å². The molecule has 116 valence electrons. The minimum atomic E-state index is -0.965. The normalized spacial score (nSPS) is 10.6. The lowest BCUT2D eigenvalue weighted by atomic mass is 10.2. The number of carboxylic acid groups (broad SMARTS) is 1. The Morgan fingerprint density at radius 1 is 1.05 bits per heavy atom. The van der Waals surface area contributed by atoms with Crippen molar-refractivity contribution in [2.75, 3.05) is 20.2 Å². The third-order valence-corrected chi connectivity index (χ3v) is 2.83. The Hall–Kier alpha value is -1.79. The number of ether oxygens (including phenoxy) is 1. The maximum atomic E-state index is 12.4. The van der Waals surface area contributed by atoms with Gasteiger partial charge in [-0.25, -0.2) is 4.79 Å². The lowest BCUT2D eigenvalue weighted by Crippen LogP contribution is -2.51. The predicted octanol–water partition coefficient (Wildman–Crippen LogP) is 1.17. The van der Waals surface area contributed by atoms with Gasteiger partial charge in [0.15, 0.2) is 0 Å². The molecule has 0 saturated heterocycles. The second-order valence-electron chi connectivity index (χ2n) is 5.01. The summed E-state index contributed by atoms with van der Waals surface area (Å²) in [5, 5.41) is 8.73. The molecule has 7 nitrogen and oxygen atoms in total. The molecule has 0 aromatic rings. The molecular weight excluding hydrogens is 264 g/mol. The van der Waals surface area contributed by atoms with E-state index in [1.54, 1.807) is 27.7 Å². The monoisotopic (exact) mass is 288 g/mol. The molecule has 0 rings (SSSR count). The molecule has 0 radical (unpaired) electrons. The molecule has 0 aromatic carbocycles. The fourth-order valence-corrected chi connectivity index (χ4v) is 1.63. The van der Waals surface area contributed by atoms with Crippen LogP contribution >= 0.6 is 0 Å². The van der Waals surface area contributed by atoms with Gasteiger partial charge in [-0.2, -0.15) is 0 Å². The second kappa shape index (κ2) is 8.39. The van der Waals surface area contributed by atoms with Crippen molar-refractivity contribution in [2.45, 2.75) is 46.2 Å². The molecule has 0 bridgehead atoms. The molecule has 0 aromatic heterocycles. The third kappa shape index (κ3) is 5.90. The molecular formula is C13H24N2O5. The number of nitrogens with zero attached hydrogens (tertiary/aromatic N) is 2. The molecule has 20 heavy (non-hydrogen) atoms. The van der Waals surface area contributed by atoms with Crippen LogP contribution in [0.4, 0.5) is 4.79 Å². The average molecular weight is 288 g/mol. The van der Waals surface area contributed by atoms with Crippen molar-refractivity contribution in [3.8, 4) is 0 Å². The third-order valence-electron chi connectivity index (χ3n) is 2.83. The highest BCUT2D eigenvalue weighted by atomic mass is 16.5. The lowest BCUT2D eigenvalue weighted by molar-refractivity contribution is -0.142. The molecule has 1 N–H and O–H groups in total. The first-order valence-corrected chi connectivity index (χ1v) is 6.56. The van der Waals surface area contributed by atoms with E-state index in [0.29, 0.717) is 0 Å². The van der Waals surface area contributed by atoms with E-state index in [4.69, 9.17) is 5.11 Å². The van der Waals surface area contributed by atoms with Gasteiger partial charge in [0, 0.05) is 18.6 Å². The van der Waals surface area contributed by atoms with Crippen molar-refractivity contribution in [2.24, 2.45) is 0 Å². The number of carbonyl (C=O) groups excluding carboxylic acids is 2. The van der Waals surface area contributed by atoms with Crippen LogP contribution in [0.25, 0.3) is 0 Å². The van der Waals surface area contributed by atoms with Crippen molar-refractivity contribution >= 4 is 18.0 Å². The van der Waals surface area contributed by atoms with Crippen LogP contribution in [0.5, 0.6) is 0 Å². The Morgan fingerprint density at radius 3 is 1.90 bits per heavy atom. The SMILES string of the molecule is COC(=O)CN(C(=O)N(CCC(=O)O)C(C)C)C(C)C. The Kier molecular flexibility index (Phi) is 7.64. The minimum absolute atomic E-state index is 0.107. The first kappa shape index (κ1) is 18.2. The van der Waals surface area contributed by atoms with E-state index < -0.39 is 11.9 Å². The number of rotatable bonds is 7. The molecule has 2 amide bonds. The van der Waals surface area contributed by atoms with Gasteiger partial charge in [-0.15, -0.1) is 0 Å². The average Bonchev–Trinajstić information content (AvgIpc) is 2.34. The number of esters is 1. The Morgan fingerprint density at radius 2 is 1.55 bits per heavy atom. The van der Waals surface area contributed by atoms with E-state index in [1.807, 2.05) is 0 Å². The van der Waals surface area contributed by atoms with Gasteiger partial charge in [-0.3, -0.25) is 9.59 Å². The van der Waals surface area contributed by atoms with E-state index in [0.717, 1.165) is 0 Å². The highest BCUT2D eigenvalue weighted by Gasteiger charge is 2.27. The molecule has 0 aliphatic carbocycles. The van der Waals surface area contributed by atoms with Gasteiger partial charge < -0.3 is 19.6 Å². The van der Waals surface area contributed by atoms with Crippen LogP contribution in [0, 0.1) is 0 Å². The molecule has 0 heterocycles. The van der Waals surface area contributed by atoms with Gasteiger partial charge in [0.2, 0.25) is 0 Å². The molecule has 7 heteroatoms.